The van der Waals surface area contributed by atoms with Gasteiger partial charge in [-0.15, -0.1) is 11.8 Å². The normalized spacial score (nSPS) is 32.5. The molecular weight excluding hydrogens is 254 g/mol. The number of carbonyl (C=O) groups excluding carboxylic acids is 1. The molecule has 5 nitrogen and oxygen atoms in total. The third kappa shape index (κ3) is 2.64. The van der Waals surface area contributed by atoms with Crippen molar-refractivity contribution in [2.45, 2.75) is 50.1 Å². The molecule has 3 unspecified atom stereocenters. The van der Waals surface area contributed by atoms with Crippen LogP contribution in [0.2, 0.25) is 0 Å². The lowest BCUT2D eigenvalue weighted by molar-refractivity contribution is -0.156. The van der Waals surface area contributed by atoms with Crippen molar-refractivity contribution in [1.82, 2.24) is 4.90 Å². The molecule has 0 aliphatic carbocycles. The van der Waals surface area contributed by atoms with Gasteiger partial charge in [0.05, 0.1) is 5.37 Å². The number of hydrogen-bond acceptors (Lipinski definition) is 4. The van der Waals surface area contributed by atoms with Crippen molar-refractivity contribution >= 4 is 23.6 Å². The summed E-state index contributed by atoms with van der Waals surface area (Å²) in [7, 11) is 0. The fraction of sp³-hybridized carbons (Fsp3) is 0.833. The summed E-state index contributed by atoms with van der Waals surface area (Å²) >= 11 is 1.55. The Labute approximate surface area is 111 Å². The van der Waals surface area contributed by atoms with Gasteiger partial charge in [0.2, 0.25) is 0 Å². The van der Waals surface area contributed by atoms with E-state index >= 15 is 0 Å². The molecule has 3 atom stereocenters. The second kappa shape index (κ2) is 5.93. The summed E-state index contributed by atoms with van der Waals surface area (Å²) in [6.07, 6.45) is 3.01. The zero-order chi connectivity index (χ0) is 13.1. The van der Waals surface area contributed by atoms with Crippen LogP contribution in [-0.2, 0) is 14.3 Å². The Morgan fingerprint density at radius 1 is 1.44 bits per heavy atom. The van der Waals surface area contributed by atoms with Gasteiger partial charge in [-0.05, 0) is 25.7 Å². The average Bonchev–Trinajstić information content (AvgIpc) is 2.82. The third-order valence-electron chi connectivity index (χ3n) is 3.44. The molecule has 2 saturated heterocycles. The summed E-state index contributed by atoms with van der Waals surface area (Å²) in [5.41, 5.74) is 0. The largest absolute Gasteiger partial charge is 0.480 e. The van der Waals surface area contributed by atoms with Crippen molar-refractivity contribution in [3.8, 4) is 0 Å². The van der Waals surface area contributed by atoms with Crippen LogP contribution in [0.5, 0.6) is 0 Å². The van der Waals surface area contributed by atoms with E-state index in [0.717, 1.165) is 19.3 Å². The van der Waals surface area contributed by atoms with Gasteiger partial charge in [0.1, 0.15) is 12.1 Å². The zero-order valence-corrected chi connectivity index (χ0v) is 11.3. The van der Waals surface area contributed by atoms with Crippen molar-refractivity contribution in [1.29, 1.82) is 0 Å². The van der Waals surface area contributed by atoms with Gasteiger partial charge in [0.15, 0.2) is 0 Å². The van der Waals surface area contributed by atoms with Crippen molar-refractivity contribution in [2.24, 2.45) is 0 Å². The van der Waals surface area contributed by atoms with Crippen LogP contribution in [0.3, 0.4) is 0 Å². The number of nitrogens with zero attached hydrogens (tertiary/aromatic N) is 1. The lowest BCUT2D eigenvalue weighted by atomic mass is 10.1. The van der Waals surface area contributed by atoms with Gasteiger partial charge >= 0.3 is 5.97 Å². The third-order valence-corrected chi connectivity index (χ3v) is 4.89. The predicted octanol–water partition coefficient (Wildman–Crippen LogP) is 1.32. The van der Waals surface area contributed by atoms with Gasteiger partial charge in [0.25, 0.3) is 5.91 Å². The Bertz CT molecular complexity index is 330. The first-order chi connectivity index (χ1) is 8.65. The van der Waals surface area contributed by atoms with Gasteiger partial charge in [0, 0.05) is 12.4 Å². The van der Waals surface area contributed by atoms with E-state index < -0.39 is 18.1 Å². The molecule has 1 amide bonds. The van der Waals surface area contributed by atoms with Gasteiger partial charge in [-0.1, -0.05) is 6.92 Å². The van der Waals surface area contributed by atoms with Crippen LogP contribution < -0.4 is 0 Å². The highest BCUT2D eigenvalue weighted by Gasteiger charge is 2.43. The summed E-state index contributed by atoms with van der Waals surface area (Å²) in [4.78, 5) is 25.2. The van der Waals surface area contributed by atoms with Crippen molar-refractivity contribution in [3.63, 3.8) is 0 Å². The molecule has 18 heavy (non-hydrogen) atoms. The number of rotatable bonds is 3. The van der Waals surface area contributed by atoms with E-state index in [1.807, 2.05) is 6.92 Å². The molecule has 0 aromatic heterocycles. The smallest absolute Gasteiger partial charge is 0.327 e. The zero-order valence-electron chi connectivity index (χ0n) is 10.5. The molecule has 102 valence electrons. The number of ether oxygens (including phenoxy) is 1. The number of carboxylic acid groups (broad SMARTS) is 1. The minimum absolute atomic E-state index is 0.0240. The van der Waals surface area contributed by atoms with Crippen LogP contribution in [0.1, 0.15) is 32.6 Å². The van der Waals surface area contributed by atoms with Gasteiger partial charge in [-0.3, -0.25) is 4.79 Å². The van der Waals surface area contributed by atoms with Crippen LogP contribution in [0, 0.1) is 0 Å². The summed E-state index contributed by atoms with van der Waals surface area (Å²) < 4.78 is 5.48. The molecule has 0 aromatic rings. The van der Waals surface area contributed by atoms with Crippen LogP contribution in [-0.4, -0.2) is 51.8 Å². The minimum Gasteiger partial charge on any atom is -0.480 e. The summed E-state index contributed by atoms with van der Waals surface area (Å²) in [6.45, 7) is 2.58. The number of carbonyl (C=O) groups is 2. The quantitative estimate of drug-likeness (QED) is 0.840. The highest BCUT2D eigenvalue weighted by atomic mass is 32.2. The van der Waals surface area contributed by atoms with Crippen molar-refractivity contribution < 1.29 is 19.4 Å². The fourth-order valence-corrected chi connectivity index (χ4v) is 3.82. The summed E-state index contributed by atoms with van der Waals surface area (Å²) in [6, 6.07) is -0.696. The average molecular weight is 273 g/mol. The molecule has 0 spiro atoms. The van der Waals surface area contributed by atoms with Crippen LogP contribution in [0.15, 0.2) is 0 Å². The minimum atomic E-state index is -0.914. The highest BCUT2D eigenvalue weighted by molar-refractivity contribution is 8.00. The lowest BCUT2D eigenvalue weighted by Crippen LogP contribution is -2.50. The molecule has 0 saturated carbocycles. The van der Waals surface area contributed by atoms with E-state index in [9.17, 15) is 14.7 Å². The molecule has 1 N–H and O–H groups in total. The van der Waals surface area contributed by atoms with E-state index in [1.54, 1.807) is 11.8 Å². The van der Waals surface area contributed by atoms with Crippen LogP contribution in [0.25, 0.3) is 0 Å². The molecular formula is C12H19NO4S. The summed E-state index contributed by atoms with van der Waals surface area (Å²) in [5, 5.41) is 9.17. The maximum Gasteiger partial charge on any atom is 0.327 e. The molecule has 2 aliphatic heterocycles. The molecule has 0 aromatic carbocycles. The number of amides is 1. The van der Waals surface area contributed by atoms with Crippen molar-refractivity contribution in [3.05, 3.63) is 0 Å². The first-order valence-corrected chi connectivity index (χ1v) is 7.48. The molecule has 2 aliphatic rings. The van der Waals surface area contributed by atoms with Crippen LogP contribution in [0.4, 0.5) is 0 Å². The number of carboxylic acids is 1. The topological polar surface area (TPSA) is 66.8 Å². The van der Waals surface area contributed by atoms with Gasteiger partial charge in [-0.2, -0.15) is 0 Å². The van der Waals surface area contributed by atoms with Gasteiger partial charge < -0.3 is 14.7 Å². The highest BCUT2D eigenvalue weighted by Crippen LogP contribution is 2.33. The Kier molecular flexibility index (Phi) is 4.50. The van der Waals surface area contributed by atoms with Crippen molar-refractivity contribution in [2.75, 3.05) is 12.4 Å². The maximum absolute atomic E-state index is 12.4. The van der Waals surface area contributed by atoms with E-state index in [4.69, 9.17) is 4.74 Å². The van der Waals surface area contributed by atoms with E-state index in [0.29, 0.717) is 18.8 Å². The van der Waals surface area contributed by atoms with E-state index in [2.05, 4.69) is 0 Å². The van der Waals surface area contributed by atoms with E-state index in [-0.39, 0.29) is 11.3 Å². The maximum atomic E-state index is 12.4. The summed E-state index contributed by atoms with van der Waals surface area (Å²) in [5.74, 6) is -0.576. The Hall–Kier alpha value is -0.750. The molecule has 2 heterocycles. The fourth-order valence-electron chi connectivity index (χ4n) is 2.47. The molecule has 2 rings (SSSR count). The molecule has 2 fully saturated rings. The molecule has 6 heteroatoms. The number of thioether (sulfide) groups is 1. The van der Waals surface area contributed by atoms with Crippen LogP contribution >= 0.6 is 11.8 Å². The Morgan fingerprint density at radius 2 is 2.22 bits per heavy atom. The van der Waals surface area contributed by atoms with E-state index in [1.165, 1.54) is 4.90 Å². The Balaban J connectivity index is 2.10. The lowest BCUT2D eigenvalue weighted by Gasteiger charge is -2.32. The number of aliphatic carboxylic acids is 1. The molecule has 0 radical (unpaired) electrons. The SMILES string of the molecule is CCC1SCC(C(=O)O)N1C(=O)C1CCCCO1. The Morgan fingerprint density at radius 3 is 2.78 bits per heavy atom. The predicted molar refractivity (Wildman–Crippen MR) is 68.4 cm³/mol. The standard InChI is InChI=1S/C12H19NO4S/c1-2-10-13(8(7-18-10)12(15)16)11(14)9-5-3-4-6-17-9/h8-10H,2-7H2,1H3,(H,15,16). The number of hydrogen-bond donors (Lipinski definition) is 1. The first kappa shape index (κ1) is 13.7. The second-order valence-electron chi connectivity index (χ2n) is 4.65. The molecule has 0 bridgehead atoms. The van der Waals surface area contributed by atoms with Gasteiger partial charge in [-0.25, -0.2) is 4.79 Å². The monoisotopic (exact) mass is 273 g/mol. The second-order valence-corrected chi connectivity index (χ2v) is 5.86. The first-order valence-electron chi connectivity index (χ1n) is 6.43.